The van der Waals surface area contributed by atoms with Crippen LogP contribution in [0, 0.1) is 0 Å². The third kappa shape index (κ3) is 6.69. The summed E-state index contributed by atoms with van der Waals surface area (Å²) in [6.07, 6.45) is -0.0515. The van der Waals surface area contributed by atoms with E-state index in [0.29, 0.717) is 18.5 Å². The number of nitrogens with two attached hydrogens (primary N) is 1. The molecule has 3 amide bonds. The van der Waals surface area contributed by atoms with Gasteiger partial charge in [0.2, 0.25) is 10.0 Å². The van der Waals surface area contributed by atoms with Gasteiger partial charge in [-0.15, -0.1) is 11.3 Å². The standard InChI is InChI=1S/C24H32N4O8S2/c1-4-36-24(31)27-10-9-18-19(15-27)37-23(20(18)21(25)29)26-22(30)16-5-7-17(8-6-16)38(32,33)28(11-13-34-2)12-14-35-3/h5-8H,4,9-15H2,1-3H3,(H2,25,29)(H,26,30). The van der Waals surface area contributed by atoms with Crippen LogP contribution in [0.5, 0.6) is 0 Å². The molecule has 0 saturated carbocycles. The van der Waals surface area contributed by atoms with E-state index in [-0.39, 0.29) is 60.5 Å². The van der Waals surface area contributed by atoms with E-state index in [2.05, 4.69) is 5.32 Å². The molecule has 0 aliphatic carbocycles. The lowest BCUT2D eigenvalue weighted by atomic mass is 10.0. The summed E-state index contributed by atoms with van der Waals surface area (Å²) in [7, 11) is -0.874. The zero-order valence-electron chi connectivity index (χ0n) is 21.5. The molecule has 0 spiro atoms. The van der Waals surface area contributed by atoms with E-state index >= 15 is 0 Å². The van der Waals surface area contributed by atoms with Crippen LogP contribution >= 0.6 is 11.3 Å². The maximum absolute atomic E-state index is 13.1. The summed E-state index contributed by atoms with van der Waals surface area (Å²) in [5.41, 5.74) is 6.74. The Morgan fingerprint density at radius 1 is 1.11 bits per heavy atom. The highest BCUT2D eigenvalue weighted by molar-refractivity contribution is 7.89. The quantitative estimate of drug-likeness (QED) is 0.393. The van der Waals surface area contributed by atoms with Gasteiger partial charge >= 0.3 is 6.09 Å². The summed E-state index contributed by atoms with van der Waals surface area (Å²) in [6.45, 7) is 3.30. The Morgan fingerprint density at radius 3 is 2.29 bits per heavy atom. The normalized spacial score (nSPS) is 13.3. The second kappa shape index (κ2) is 13.2. The van der Waals surface area contributed by atoms with Crippen molar-refractivity contribution < 1.29 is 37.0 Å². The minimum Gasteiger partial charge on any atom is -0.450 e. The van der Waals surface area contributed by atoms with Gasteiger partial charge in [-0.25, -0.2) is 13.2 Å². The van der Waals surface area contributed by atoms with Crippen LogP contribution in [-0.4, -0.2) is 89.2 Å². The second-order valence-electron chi connectivity index (χ2n) is 8.31. The summed E-state index contributed by atoms with van der Waals surface area (Å²) in [5, 5.41) is 3.00. The van der Waals surface area contributed by atoms with Gasteiger partial charge in [0.05, 0.1) is 36.8 Å². The monoisotopic (exact) mass is 568 g/mol. The van der Waals surface area contributed by atoms with Crippen molar-refractivity contribution in [2.45, 2.75) is 24.8 Å². The number of fused-ring (bicyclic) bond motifs is 1. The summed E-state index contributed by atoms with van der Waals surface area (Å²) < 4.78 is 42.5. The number of amides is 3. The molecule has 1 aromatic carbocycles. The van der Waals surface area contributed by atoms with Gasteiger partial charge in [0.15, 0.2) is 0 Å². The van der Waals surface area contributed by atoms with Crippen molar-refractivity contribution in [3.63, 3.8) is 0 Å². The minimum absolute atomic E-state index is 0.0183. The summed E-state index contributed by atoms with van der Waals surface area (Å²) in [5.74, 6) is -1.22. The number of benzene rings is 1. The third-order valence-corrected chi connectivity index (χ3v) is 8.95. The number of hydrogen-bond donors (Lipinski definition) is 2. The maximum atomic E-state index is 13.1. The van der Waals surface area contributed by atoms with Crippen LogP contribution in [-0.2, 0) is 37.2 Å². The van der Waals surface area contributed by atoms with E-state index in [0.717, 1.165) is 4.88 Å². The van der Waals surface area contributed by atoms with Crippen molar-refractivity contribution in [3.05, 3.63) is 45.8 Å². The van der Waals surface area contributed by atoms with Gasteiger partial charge < -0.3 is 30.2 Å². The van der Waals surface area contributed by atoms with Crippen LogP contribution in [0.15, 0.2) is 29.2 Å². The molecule has 1 aliphatic heterocycles. The molecule has 208 valence electrons. The van der Waals surface area contributed by atoms with E-state index in [1.807, 2.05) is 0 Å². The maximum Gasteiger partial charge on any atom is 0.410 e. The zero-order valence-corrected chi connectivity index (χ0v) is 23.2. The first kappa shape index (κ1) is 29.5. The number of ether oxygens (including phenoxy) is 3. The number of carbonyl (C=O) groups is 3. The van der Waals surface area contributed by atoms with E-state index in [9.17, 15) is 22.8 Å². The molecule has 0 unspecified atom stereocenters. The molecule has 0 fully saturated rings. The average molecular weight is 569 g/mol. The number of primary amides is 1. The molecule has 3 rings (SSSR count). The minimum atomic E-state index is -3.84. The number of thiophene rings is 1. The van der Waals surface area contributed by atoms with E-state index in [1.165, 1.54) is 59.0 Å². The van der Waals surface area contributed by atoms with E-state index in [1.54, 1.807) is 6.92 Å². The van der Waals surface area contributed by atoms with Gasteiger partial charge in [0.1, 0.15) is 5.00 Å². The fourth-order valence-corrected chi connectivity index (χ4v) is 6.64. The number of sulfonamides is 1. The van der Waals surface area contributed by atoms with Gasteiger partial charge in [-0.05, 0) is 43.2 Å². The SMILES string of the molecule is CCOC(=O)N1CCc2c(sc(NC(=O)c3ccc(S(=O)(=O)N(CCOC)CCOC)cc3)c2C(N)=O)C1. The summed E-state index contributed by atoms with van der Waals surface area (Å²) in [4.78, 5) is 39.7. The Morgan fingerprint density at radius 2 is 1.74 bits per heavy atom. The lowest BCUT2D eigenvalue weighted by Crippen LogP contribution is -2.36. The summed E-state index contributed by atoms with van der Waals surface area (Å²) in [6, 6.07) is 5.49. The fraction of sp³-hybridized carbons (Fsp3) is 0.458. The molecule has 1 aromatic heterocycles. The summed E-state index contributed by atoms with van der Waals surface area (Å²) >= 11 is 1.17. The van der Waals surface area contributed by atoms with Crippen LogP contribution in [0.1, 0.15) is 38.1 Å². The Hall–Kier alpha value is -3.04. The number of nitrogens with zero attached hydrogens (tertiary/aromatic N) is 2. The molecule has 14 heteroatoms. The number of hydrogen-bond acceptors (Lipinski definition) is 9. The molecular formula is C24H32N4O8S2. The molecule has 2 heterocycles. The molecule has 0 radical (unpaired) electrons. The molecular weight excluding hydrogens is 536 g/mol. The van der Waals surface area contributed by atoms with Crippen molar-refractivity contribution in [1.82, 2.24) is 9.21 Å². The van der Waals surface area contributed by atoms with Crippen molar-refractivity contribution in [1.29, 1.82) is 0 Å². The zero-order chi connectivity index (χ0) is 27.9. The molecule has 0 saturated heterocycles. The molecule has 3 N–H and O–H groups in total. The topological polar surface area (TPSA) is 158 Å². The fourth-order valence-electron chi connectivity index (χ4n) is 3.96. The molecule has 38 heavy (non-hydrogen) atoms. The van der Waals surface area contributed by atoms with Gasteiger partial charge in [0, 0.05) is 44.3 Å². The highest BCUT2D eigenvalue weighted by Gasteiger charge is 2.30. The van der Waals surface area contributed by atoms with Gasteiger partial charge in [0.25, 0.3) is 11.8 Å². The van der Waals surface area contributed by atoms with Crippen LogP contribution in [0.25, 0.3) is 0 Å². The highest BCUT2D eigenvalue weighted by Crippen LogP contribution is 2.37. The Balaban J connectivity index is 1.79. The first-order valence-corrected chi connectivity index (χ1v) is 14.1. The number of rotatable bonds is 12. The Labute approximate surface area is 225 Å². The molecule has 0 bridgehead atoms. The third-order valence-electron chi connectivity index (χ3n) is 5.90. The van der Waals surface area contributed by atoms with Crippen molar-refractivity contribution in [2.75, 3.05) is 59.0 Å². The number of carbonyl (C=O) groups excluding carboxylic acids is 3. The first-order valence-electron chi connectivity index (χ1n) is 11.9. The Bertz CT molecular complexity index is 1250. The van der Waals surface area contributed by atoms with Crippen LogP contribution in [0.2, 0.25) is 0 Å². The average Bonchev–Trinajstić information content (AvgIpc) is 3.26. The van der Waals surface area contributed by atoms with Gasteiger partial charge in [-0.3, -0.25) is 9.59 Å². The second-order valence-corrected chi connectivity index (χ2v) is 11.4. The highest BCUT2D eigenvalue weighted by atomic mass is 32.2. The predicted molar refractivity (Wildman–Crippen MR) is 141 cm³/mol. The Kier molecular flexibility index (Phi) is 10.2. The van der Waals surface area contributed by atoms with Crippen LogP contribution in [0.4, 0.5) is 9.80 Å². The lowest BCUT2D eigenvalue weighted by molar-refractivity contribution is 0.0997. The van der Waals surface area contributed by atoms with Crippen LogP contribution in [0.3, 0.4) is 0 Å². The molecule has 1 aliphatic rings. The lowest BCUT2D eigenvalue weighted by Gasteiger charge is -2.26. The molecule has 12 nitrogen and oxygen atoms in total. The van der Waals surface area contributed by atoms with Crippen LogP contribution < -0.4 is 11.1 Å². The number of methoxy groups -OCH3 is 2. The molecule has 2 aromatic rings. The van der Waals surface area contributed by atoms with E-state index < -0.39 is 27.9 Å². The number of nitrogens with one attached hydrogen (secondary N) is 1. The van der Waals surface area contributed by atoms with E-state index in [4.69, 9.17) is 19.9 Å². The first-order chi connectivity index (χ1) is 18.1. The smallest absolute Gasteiger partial charge is 0.410 e. The van der Waals surface area contributed by atoms with Gasteiger partial charge in [-0.1, -0.05) is 0 Å². The van der Waals surface area contributed by atoms with Gasteiger partial charge in [-0.2, -0.15) is 4.31 Å². The molecule has 0 atom stereocenters. The largest absolute Gasteiger partial charge is 0.450 e. The number of anilines is 1. The predicted octanol–water partition coefficient (Wildman–Crippen LogP) is 1.90. The van der Waals surface area contributed by atoms with Crippen molar-refractivity contribution >= 4 is 44.3 Å². The van der Waals surface area contributed by atoms with Crippen molar-refractivity contribution in [3.8, 4) is 0 Å². The van der Waals surface area contributed by atoms with Crippen molar-refractivity contribution in [2.24, 2.45) is 5.73 Å².